The van der Waals surface area contributed by atoms with Gasteiger partial charge in [0.1, 0.15) is 0 Å². The molecule has 1 saturated carbocycles. The zero-order valence-corrected chi connectivity index (χ0v) is 13.5. The Hall–Kier alpha value is -1.65. The molecule has 0 unspecified atom stereocenters. The van der Waals surface area contributed by atoms with Crippen molar-refractivity contribution in [2.75, 3.05) is 13.6 Å². The number of nitrogens with zero attached hydrogens (tertiary/aromatic N) is 2. The molecule has 1 fully saturated rings. The van der Waals surface area contributed by atoms with E-state index in [1.54, 1.807) is 0 Å². The molecule has 1 aromatic carbocycles. The van der Waals surface area contributed by atoms with Gasteiger partial charge in [0.05, 0.1) is 17.5 Å². The largest absolute Gasteiger partial charge is 0.389 e. The number of aromatic amines is 1. The molecule has 4 heteroatoms. The molecule has 1 heterocycles. The average Bonchev–Trinajstić information content (AvgIpc) is 3.09. The first-order valence-corrected chi connectivity index (χ1v) is 8.06. The maximum absolute atomic E-state index is 10.5. The van der Waals surface area contributed by atoms with Crippen LogP contribution in [0.2, 0.25) is 0 Å². The summed E-state index contributed by atoms with van der Waals surface area (Å²) in [6.45, 7) is 3.61. The van der Waals surface area contributed by atoms with Crippen molar-refractivity contribution in [3.05, 3.63) is 41.6 Å². The van der Waals surface area contributed by atoms with Crippen molar-refractivity contribution in [2.24, 2.45) is 0 Å². The average molecular weight is 299 g/mol. The SMILES string of the molecule is Cc1ccc(-c2[nH]ncc2CN(C)CC2(O)CCCC2)cc1. The lowest BCUT2D eigenvalue weighted by Gasteiger charge is -2.28. The molecule has 3 rings (SSSR count). The molecule has 0 aliphatic heterocycles. The highest BCUT2D eigenvalue weighted by atomic mass is 16.3. The number of aryl methyl sites for hydroxylation is 1. The Bertz CT molecular complexity index is 612. The highest BCUT2D eigenvalue weighted by molar-refractivity contribution is 5.62. The van der Waals surface area contributed by atoms with Crippen molar-refractivity contribution in [2.45, 2.75) is 44.8 Å². The molecular formula is C18H25N3O. The Balaban J connectivity index is 1.70. The Morgan fingerprint density at radius 1 is 1.23 bits per heavy atom. The summed E-state index contributed by atoms with van der Waals surface area (Å²) in [5.74, 6) is 0. The summed E-state index contributed by atoms with van der Waals surface area (Å²) in [7, 11) is 2.07. The van der Waals surface area contributed by atoms with E-state index >= 15 is 0 Å². The first-order chi connectivity index (χ1) is 10.6. The van der Waals surface area contributed by atoms with Crippen LogP contribution in [-0.2, 0) is 6.54 Å². The standard InChI is InChI=1S/C18H25N3O/c1-14-5-7-15(8-6-14)17-16(11-19-20-17)12-21(2)13-18(22)9-3-4-10-18/h5-8,11,22H,3-4,9-10,12-13H2,1-2H3,(H,19,20). The summed E-state index contributed by atoms with van der Waals surface area (Å²) in [5, 5.41) is 17.9. The lowest BCUT2D eigenvalue weighted by atomic mass is 10.0. The van der Waals surface area contributed by atoms with Crippen LogP contribution in [0.4, 0.5) is 0 Å². The number of hydrogen-bond acceptors (Lipinski definition) is 3. The van der Waals surface area contributed by atoms with Gasteiger partial charge in [0.15, 0.2) is 0 Å². The number of rotatable bonds is 5. The number of hydrogen-bond donors (Lipinski definition) is 2. The quantitative estimate of drug-likeness (QED) is 0.892. The Kier molecular flexibility index (Phi) is 4.32. The van der Waals surface area contributed by atoms with E-state index in [9.17, 15) is 5.11 Å². The molecule has 2 N–H and O–H groups in total. The van der Waals surface area contributed by atoms with Gasteiger partial charge >= 0.3 is 0 Å². The van der Waals surface area contributed by atoms with E-state index in [1.165, 1.54) is 11.1 Å². The normalized spacial score (nSPS) is 17.3. The minimum absolute atomic E-state index is 0.498. The van der Waals surface area contributed by atoms with E-state index in [4.69, 9.17) is 0 Å². The third kappa shape index (κ3) is 3.39. The van der Waals surface area contributed by atoms with Crippen molar-refractivity contribution in [1.82, 2.24) is 15.1 Å². The Labute approximate surface area is 132 Å². The predicted molar refractivity (Wildman–Crippen MR) is 88.5 cm³/mol. The maximum Gasteiger partial charge on any atom is 0.0774 e. The molecule has 1 aliphatic carbocycles. The third-order valence-electron chi connectivity index (χ3n) is 4.60. The fraction of sp³-hybridized carbons (Fsp3) is 0.500. The molecule has 0 atom stereocenters. The molecule has 0 bridgehead atoms. The van der Waals surface area contributed by atoms with Gasteiger partial charge in [0.2, 0.25) is 0 Å². The molecule has 1 aromatic heterocycles. The van der Waals surface area contributed by atoms with Gasteiger partial charge in [-0.05, 0) is 32.4 Å². The molecule has 4 nitrogen and oxygen atoms in total. The van der Waals surface area contributed by atoms with E-state index in [2.05, 4.69) is 53.3 Å². The van der Waals surface area contributed by atoms with Crippen molar-refractivity contribution in [3.8, 4) is 11.3 Å². The molecule has 0 spiro atoms. The number of nitrogens with one attached hydrogen (secondary N) is 1. The fourth-order valence-corrected chi connectivity index (χ4v) is 3.44. The van der Waals surface area contributed by atoms with Crippen molar-refractivity contribution in [1.29, 1.82) is 0 Å². The van der Waals surface area contributed by atoms with Crippen molar-refractivity contribution >= 4 is 0 Å². The van der Waals surface area contributed by atoms with Crippen LogP contribution >= 0.6 is 0 Å². The van der Waals surface area contributed by atoms with Crippen LogP contribution < -0.4 is 0 Å². The zero-order valence-electron chi connectivity index (χ0n) is 13.5. The molecule has 0 saturated heterocycles. The van der Waals surface area contributed by atoms with Gasteiger partial charge in [0, 0.05) is 18.7 Å². The van der Waals surface area contributed by atoms with Crippen LogP contribution in [0.25, 0.3) is 11.3 Å². The summed E-state index contributed by atoms with van der Waals surface area (Å²) in [4.78, 5) is 2.20. The molecular weight excluding hydrogens is 274 g/mol. The monoisotopic (exact) mass is 299 g/mol. The van der Waals surface area contributed by atoms with Crippen molar-refractivity contribution < 1.29 is 5.11 Å². The van der Waals surface area contributed by atoms with Gasteiger partial charge in [-0.1, -0.05) is 42.7 Å². The third-order valence-corrected chi connectivity index (χ3v) is 4.60. The second-order valence-corrected chi connectivity index (χ2v) is 6.74. The number of benzene rings is 1. The van der Waals surface area contributed by atoms with E-state index < -0.39 is 5.60 Å². The van der Waals surface area contributed by atoms with Crippen LogP contribution in [-0.4, -0.2) is 39.4 Å². The highest BCUT2D eigenvalue weighted by Crippen LogP contribution is 2.30. The van der Waals surface area contributed by atoms with Crippen LogP contribution in [0.15, 0.2) is 30.5 Å². The summed E-state index contributed by atoms with van der Waals surface area (Å²) in [6, 6.07) is 8.48. The summed E-state index contributed by atoms with van der Waals surface area (Å²) in [6.07, 6.45) is 6.03. The molecule has 1 aliphatic rings. The maximum atomic E-state index is 10.5. The van der Waals surface area contributed by atoms with Crippen LogP contribution in [0, 0.1) is 6.92 Å². The van der Waals surface area contributed by atoms with Gasteiger partial charge in [-0.2, -0.15) is 5.10 Å². The zero-order chi connectivity index (χ0) is 15.6. The molecule has 0 amide bonds. The van der Waals surface area contributed by atoms with E-state index in [1.807, 2.05) is 6.20 Å². The summed E-state index contributed by atoms with van der Waals surface area (Å²) in [5.41, 5.74) is 4.16. The lowest BCUT2D eigenvalue weighted by Crippen LogP contribution is -2.38. The fourth-order valence-electron chi connectivity index (χ4n) is 3.44. The number of aliphatic hydroxyl groups is 1. The number of H-pyrrole nitrogens is 1. The van der Waals surface area contributed by atoms with Crippen molar-refractivity contribution in [3.63, 3.8) is 0 Å². The van der Waals surface area contributed by atoms with E-state index in [-0.39, 0.29) is 0 Å². The Morgan fingerprint density at radius 2 is 1.91 bits per heavy atom. The number of aromatic nitrogens is 2. The Morgan fingerprint density at radius 3 is 2.59 bits per heavy atom. The smallest absolute Gasteiger partial charge is 0.0774 e. The van der Waals surface area contributed by atoms with Crippen LogP contribution in [0.3, 0.4) is 0 Å². The van der Waals surface area contributed by atoms with Gasteiger partial charge in [-0.25, -0.2) is 0 Å². The summed E-state index contributed by atoms with van der Waals surface area (Å²) < 4.78 is 0. The lowest BCUT2D eigenvalue weighted by molar-refractivity contribution is 0.0145. The number of likely N-dealkylation sites (N-methyl/N-ethyl adjacent to an activating group) is 1. The highest BCUT2D eigenvalue weighted by Gasteiger charge is 2.32. The summed E-state index contributed by atoms with van der Waals surface area (Å²) >= 11 is 0. The van der Waals surface area contributed by atoms with E-state index in [0.29, 0.717) is 0 Å². The van der Waals surface area contributed by atoms with Gasteiger partial charge in [-0.15, -0.1) is 0 Å². The van der Waals surface area contributed by atoms with Gasteiger partial charge in [0.25, 0.3) is 0 Å². The second kappa shape index (κ2) is 6.23. The van der Waals surface area contributed by atoms with Crippen LogP contribution in [0.1, 0.15) is 36.8 Å². The molecule has 22 heavy (non-hydrogen) atoms. The first kappa shape index (κ1) is 15.3. The molecule has 118 valence electrons. The topological polar surface area (TPSA) is 52.2 Å². The van der Waals surface area contributed by atoms with Gasteiger partial charge < -0.3 is 5.11 Å². The first-order valence-electron chi connectivity index (χ1n) is 8.06. The predicted octanol–water partition coefficient (Wildman–Crippen LogP) is 3.12. The second-order valence-electron chi connectivity index (χ2n) is 6.74. The van der Waals surface area contributed by atoms with E-state index in [0.717, 1.165) is 50.0 Å². The molecule has 0 radical (unpaired) electrons. The van der Waals surface area contributed by atoms with Gasteiger partial charge in [-0.3, -0.25) is 10.00 Å². The minimum atomic E-state index is -0.498. The van der Waals surface area contributed by atoms with Crippen LogP contribution in [0.5, 0.6) is 0 Å². The molecule has 2 aromatic rings. The minimum Gasteiger partial charge on any atom is -0.389 e.